The number of methoxy groups -OCH3 is 1. The standard InChI is InChI=1S/C17H23N5O2/c1-23-11-24-16-7-3-2-6-13(16)14-9-15(17(19)21-20-14)22-8-4-5-12(18)10-22/h2-3,6-7,9,12H,4-5,8,10-11,18H2,1H3,(H2,19,21)/t12-/m1/s1. The zero-order valence-corrected chi connectivity index (χ0v) is 13.8. The number of hydrogen-bond donors (Lipinski definition) is 2. The van der Waals surface area contributed by atoms with Gasteiger partial charge in [0.1, 0.15) is 5.75 Å². The van der Waals surface area contributed by atoms with Crippen LogP contribution >= 0.6 is 0 Å². The van der Waals surface area contributed by atoms with Gasteiger partial charge in [-0.1, -0.05) is 12.1 Å². The first-order valence-electron chi connectivity index (χ1n) is 8.04. The fraction of sp³-hybridized carbons (Fsp3) is 0.412. The van der Waals surface area contributed by atoms with Gasteiger partial charge in [-0.25, -0.2) is 0 Å². The molecule has 7 nitrogen and oxygen atoms in total. The quantitative estimate of drug-likeness (QED) is 0.804. The van der Waals surface area contributed by atoms with Crippen LogP contribution < -0.4 is 21.1 Å². The van der Waals surface area contributed by atoms with Gasteiger partial charge < -0.3 is 25.8 Å². The second-order valence-corrected chi connectivity index (χ2v) is 5.90. The van der Waals surface area contributed by atoms with Crippen LogP contribution in [-0.2, 0) is 4.74 Å². The maximum Gasteiger partial charge on any atom is 0.188 e. The van der Waals surface area contributed by atoms with Crippen LogP contribution in [0.15, 0.2) is 30.3 Å². The van der Waals surface area contributed by atoms with Crippen LogP contribution in [0.2, 0.25) is 0 Å². The summed E-state index contributed by atoms with van der Waals surface area (Å²) in [5.41, 5.74) is 14.6. The summed E-state index contributed by atoms with van der Waals surface area (Å²) in [7, 11) is 1.59. The lowest BCUT2D eigenvalue weighted by Gasteiger charge is -2.33. The molecule has 2 heterocycles. The minimum atomic E-state index is 0.159. The van der Waals surface area contributed by atoms with Gasteiger partial charge in [-0.2, -0.15) is 0 Å². The fourth-order valence-corrected chi connectivity index (χ4v) is 2.93. The molecule has 1 aromatic heterocycles. The second-order valence-electron chi connectivity index (χ2n) is 5.90. The van der Waals surface area contributed by atoms with E-state index >= 15 is 0 Å². The summed E-state index contributed by atoms with van der Waals surface area (Å²) in [5, 5.41) is 8.37. The third kappa shape index (κ3) is 3.58. The zero-order valence-electron chi connectivity index (χ0n) is 13.8. The normalized spacial score (nSPS) is 17.8. The second kappa shape index (κ2) is 7.46. The van der Waals surface area contributed by atoms with Crippen molar-refractivity contribution in [1.29, 1.82) is 0 Å². The van der Waals surface area contributed by atoms with Crippen LogP contribution in [-0.4, -0.2) is 43.2 Å². The first-order chi connectivity index (χ1) is 11.7. The molecule has 7 heteroatoms. The Morgan fingerprint density at radius 1 is 1.29 bits per heavy atom. The molecule has 1 fully saturated rings. The van der Waals surface area contributed by atoms with Crippen LogP contribution in [0.1, 0.15) is 12.8 Å². The summed E-state index contributed by atoms with van der Waals surface area (Å²) in [6.07, 6.45) is 2.08. The third-order valence-corrected chi connectivity index (χ3v) is 4.10. The Morgan fingerprint density at radius 2 is 2.12 bits per heavy atom. The van der Waals surface area contributed by atoms with Crippen molar-refractivity contribution in [3.8, 4) is 17.0 Å². The summed E-state index contributed by atoms with van der Waals surface area (Å²) in [6.45, 7) is 1.87. The van der Waals surface area contributed by atoms with E-state index in [1.54, 1.807) is 7.11 Å². The van der Waals surface area contributed by atoms with Crippen molar-refractivity contribution >= 4 is 11.5 Å². The molecule has 1 aliphatic heterocycles. The van der Waals surface area contributed by atoms with Gasteiger partial charge in [-0.3, -0.25) is 0 Å². The number of nitrogens with two attached hydrogens (primary N) is 2. The molecule has 1 aromatic carbocycles. The van der Waals surface area contributed by atoms with E-state index in [1.807, 2.05) is 30.3 Å². The molecular formula is C17H23N5O2. The van der Waals surface area contributed by atoms with Crippen LogP contribution in [0.3, 0.4) is 0 Å². The van der Waals surface area contributed by atoms with Gasteiger partial charge in [0.2, 0.25) is 0 Å². The van der Waals surface area contributed by atoms with Crippen molar-refractivity contribution in [2.24, 2.45) is 5.73 Å². The molecule has 0 saturated carbocycles. The fourth-order valence-electron chi connectivity index (χ4n) is 2.93. The lowest BCUT2D eigenvalue weighted by atomic mass is 10.1. The van der Waals surface area contributed by atoms with Gasteiger partial charge in [-0.15, -0.1) is 10.2 Å². The minimum Gasteiger partial charge on any atom is -0.467 e. The molecule has 0 aliphatic carbocycles. The Kier molecular flexibility index (Phi) is 5.12. The molecule has 128 valence electrons. The molecule has 0 amide bonds. The number of para-hydroxylation sites is 1. The monoisotopic (exact) mass is 329 g/mol. The Hall–Kier alpha value is -2.38. The molecule has 4 N–H and O–H groups in total. The topological polar surface area (TPSA) is 99.5 Å². The Morgan fingerprint density at radius 3 is 2.92 bits per heavy atom. The Bertz CT molecular complexity index is 694. The van der Waals surface area contributed by atoms with Crippen molar-refractivity contribution in [3.63, 3.8) is 0 Å². The van der Waals surface area contributed by atoms with Crippen molar-refractivity contribution in [2.75, 3.05) is 37.6 Å². The minimum absolute atomic E-state index is 0.159. The summed E-state index contributed by atoms with van der Waals surface area (Å²) in [6, 6.07) is 9.77. The van der Waals surface area contributed by atoms with E-state index in [0.29, 0.717) is 17.3 Å². The highest BCUT2D eigenvalue weighted by Crippen LogP contribution is 2.32. The molecule has 24 heavy (non-hydrogen) atoms. The number of piperidine rings is 1. The molecular weight excluding hydrogens is 306 g/mol. The lowest BCUT2D eigenvalue weighted by Crippen LogP contribution is -2.43. The van der Waals surface area contributed by atoms with Crippen molar-refractivity contribution in [2.45, 2.75) is 18.9 Å². The molecule has 0 radical (unpaired) electrons. The van der Waals surface area contributed by atoms with E-state index in [0.717, 1.165) is 37.2 Å². The third-order valence-electron chi connectivity index (χ3n) is 4.10. The van der Waals surface area contributed by atoms with E-state index in [2.05, 4.69) is 15.1 Å². The molecule has 3 rings (SSSR count). The van der Waals surface area contributed by atoms with Gasteiger partial charge in [0, 0.05) is 31.8 Å². The number of anilines is 2. The summed E-state index contributed by atoms with van der Waals surface area (Å²) < 4.78 is 10.6. The molecule has 1 atom stereocenters. The number of aromatic nitrogens is 2. The number of ether oxygens (including phenoxy) is 2. The Labute approximate surface area is 141 Å². The van der Waals surface area contributed by atoms with Crippen molar-refractivity contribution in [1.82, 2.24) is 10.2 Å². The zero-order chi connectivity index (χ0) is 16.9. The number of rotatable bonds is 5. The Balaban J connectivity index is 1.94. The summed E-state index contributed by atoms with van der Waals surface area (Å²) >= 11 is 0. The molecule has 0 bridgehead atoms. The van der Waals surface area contributed by atoms with Gasteiger partial charge in [-0.05, 0) is 31.0 Å². The van der Waals surface area contributed by atoms with Crippen LogP contribution in [0.25, 0.3) is 11.3 Å². The highest BCUT2D eigenvalue weighted by Gasteiger charge is 2.21. The van der Waals surface area contributed by atoms with Crippen molar-refractivity contribution in [3.05, 3.63) is 30.3 Å². The first kappa shape index (κ1) is 16.5. The van der Waals surface area contributed by atoms with E-state index < -0.39 is 0 Å². The number of nitrogens with zero attached hydrogens (tertiary/aromatic N) is 3. The smallest absolute Gasteiger partial charge is 0.188 e. The number of benzene rings is 1. The lowest BCUT2D eigenvalue weighted by molar-refractivity contribution is 0.0515. The van der Waals surface area contributed by atoms with Gasteiger partial charge in [0.15, 0.2) is 12.6 Å². The van der Waals surface area contributed by atoms with Crippen LogP contribution in [0, 0.1) is 0 Å². The average Bonchev–Trinajstić information content (AvgIpc) is 2.61. The summed E-state index contributed by atoms with van der Waals surface area (Å²) in [4.78, 5) is 2.18. The maximum absolute atomic E-state index is 6.09. The largest absolute Gasteiger partial charge is 0.467 e. The van der Waals surface area contributed by atoms with Gasteiger partial charge in [0.25, 0.3) is 0 Å². The van der Waals surface area contributed by atoms with E-state index in [1.165, 1.54) is 0 Å². The highest BCUT2D eigenvalue weighted by atomic mass is 16.7. The molecule has 0 spiro atoms. The van der Waals surface area contributed by atoms with Gasteiger partial charge >= 0.3 is 0 Å². The molecule has 1 saturated heterocycles. The SMILES string of the molecule is COCOc1ccccc1-c1cc(N2CCC[C@@H](N)C2)c(N)nn1. The molecule has 0 unspecified atom stereocenters. The van der Waals surface area contributed by atoms with E-state index in [4.69, 9.17) is 20.9 Å². The number of hydrogen-bond acceptors (Lipinski definition) is 7. The summed E-state index contributed by atoms with van der Waals surface area (Å²) in [5.74, 6) is 1.11. The predicted octanol–water partition coefficient (Wildman–Crippen LogP) is 1.64. The van der Waals surface area contributed by atoms with E-state index in [-0.39, 0.29) is 12.8 Å². The highest BCUT2D eigenvalue weighted by molar-refractivity contribution is 5.74. The maximum atomic E-state index is 6.09. The van der Waals surface area contributed by atoms with Crippen LogP contribution in [0.5, 0.6) is 5.75 Å². The predicted molar refractivity (Wildman–Crippen MR) is 93.8 cm³/mol. The average molecular weight is 329 g/mol. The number of nitrogen functional groups attached to an aromatic ring is 1. The van der Waals surface area contributed by atoms with Gasteiger partial charge in [0.05, 0.1) is 11.4 Å². The van der Waals surface area contributed by atoms with Crippen molar-refractivity contribution < 1.29 is 9.47 Å². The van der Waals surface area contributed by atoms with E-state index in [9.17, 15) is 0 Å². The first-order valence-corrected chi connectivity index (χ1v) is 8.04. The molecule has 2 aromatic rings. The molecule has 1 aliphatic rings. The van der Waals surface area contributed by atoms with Crippen LogP contribution in [0.4, 0.5) is 11.5 Å².